The first-order valence-electron chi connectivity index (χ1n) is 5.38. The molecule has 2 aromatic heterocycles. The summed E-state index contributed by atoms with van der Waals surface area (Å²) >= 11 is 0. The summed E-state index contributed by atoms with van der Waals surface area (Å²) in [5.74, 6) is 0.657. The summed E-state index contributed by atoms with van der Waals surface area (Å²) in [5, 5.41) is 0.0873. The third-order valence-corrected chi connectivity index (χ3v) is 3.93. The first-order chi connectivity index (χ1) is 7.92. The van der Waals surface area contributed by atoms with Crippen LogP contribution in [0.3, 0.4) is 0 Å². The minimum absolute atomic E-state index is 0.0873. The molecule has 0 aliphatic heterocycles. The van der Waals surface area contributed by atoms with Gasteiger partial charge in [0, 0.05) is 12.2 Å². The average molecular weight is 253 g/mol. The molecule has 17 heavy (non-hydrogen) atoms. The number of hydrogen-bond acceptors (Lipinski definition) is 3. The van der Waals surface area contributed by atoms with E-state index in [1.54, 1.807) is 43.5 Å². The van der Waals surface area contributed by atoms with Crippen LogP contribution in [0.4, 0.5) is 0 Å². The number of imidazole rings is 1. The molecule has 0 unspecified atom stereocenters. The Morgan fingerprint density at radius 1 is 1.35 bits per heavy atom. The van der Waals surface area contributed by atoms with Gasteiger partial charge in [-0.2, -0.15) is 0 Å². The second-order valence-corrected chi connectivity index (χ2v) is 5.83. The highest BCUT2D eigenvalue weighted by Crippen LogP contribution is 2.17. The minimum atomic E-state index is -3.55. The minimum Gasteiger partial charge on any atom is -0.303 e. The number of nitrogens with zero attached hydrogens (tertiary/aromatic N) is 2. The van der Waals surface area contributed by atoms with Crippen molar-refractivity contribution in [2.45, 2.75) is 31.8 Å². The van der Waals surface area contributed by atoms with Crippen LogP contribution in [0.1, 0.15) is 19.7 Å². The van der Waals surface area contributed by atoms with Gasteiger partial charge in [0.05, 0.1) is 5.52 Å². The molecule has 0 aliphatic carbocycles. The predicted molar refractivity (Wildman–Crippen MR) is 65.4 cm³/mol. The summed E-state index contributed by atoms with van der Waals surface area (Å²) < 4.78 is 28.5. The van der Waals surface area contributed by atoms with Crippen LogP contribution in [0.5, 0.6) is 0 Å². The largest absolute Gasteiger partial charge is 0.303 e. The monoisotopic (exact) mass is 253 g/mol. The van der Waals surface area contributed by atoms with E-state index < -0.39 is 10.0 Å². The van der Waals surface area contributed by atoms with Crippen LogP contribution < -0.4 is 4.72 Å². The molecule has 0 aromatic carbocycles. The van der Waals surface area contributed by atoms with Crippen molar-refractivity contribution in [1.29, 1.82) is 0 Å². The zero-order valence-electron chi connectivity index (χ0n) is 10.0. The first-order valence-corrected chi connectivity index (χ1v) is 6.86. The van der Waals surface area contributed by atoms with Crippen LogP contribution in [0.25, 0.3) is 5.52 Å². The van der Waals surface area contributed by atoms with Crippen molar-refractivity contribution in [2.24, 2.45) is 0 Å². The van der Waals surface area contributed by atoms with Crippen molar-refractivity contribution >= 4 is 15.5 Å². The number of aromatic nitrogens is 2. The highest BCUT2D eigenvalue weighted by molar-refractivity contribution is 7.89. The highest BCUT2D eigenvalue weighted by Gasteiger charge is 2.22. The molecule has 0 aliphatic rings. The van der Waals surface area contributed by atoms with Gasteiger partial charge in [-0.25, -0.2) is 18.1 Å². The summed E-state index contributed by atoms with van der Waals surface area (Å²) in [6.45, 7) is 5.34. The summed E-state index contributed by atoms with van der Waals surface area (Å²) in [4.78, 5) is 4.13. The quantitative estimate of drug-likeness (QED) is 0.897. The molecule has 0 spiro atoms. The molecule has 92 valence electrons. The normalized spacial score (nSPS) is 12.5. The molecule has 2 rings (SSSR count). The lowest BCUT2D eigenvalue weighted by atomic mass is 10.4. The maximum atomic E-state index is 12.1. The smallest absolute Gasteiger partial charge is 0.260 e. The number of pyridine rings is 1. The molecular weight excluding hydrogens is 238 g/mol. The van der Waals surface area contributed by atoms with Crippen molar-refractivity contribution < 1.29 is 8.42 Å². The Morgan fingerprint density at radius 2 is 2.06 bits per heavy atom. The van der Waals surface area contributed by atoms with Crippen LogP contribution in [-0.4, -0.2) is 23.8 Å². The Morgan fingerprint density at radius 3 is 2.71 bits per heavy atom. The number of hydrogen-bond donors (Lipinski definition) is 1. The Kier molecular flexibility index (Phi) is 2.92. The van der Waals surface area contributed by atoms with E-state index in [0.717, 1.165) is 0 Å². The van der Waals surface area contributed by atoms with Gasteiger partial charge < -0.3 is 4.40 Å². The summed E-state index contributed by atoms with van der Waals surface area (Å²) in [6, 6.07) is 5.23. The molecule has 0 radical (unpaired) electrons. The maximum absolute atomic E-state index is 12.1. The summed E-state index contributed by atoms with van der Waals surface area (Å²) in [7, 11) is -3.55. The molecule has 0 fully saturated rings. The maximum Gasteiger partial charge on any atom is 0.260 e. The van der Waals surface area contributed by atoms with Crippen molar-refractivity contribution in [3.63, 3.8) is 0 Å². The van der Waals surface area contributed by atoms with Crippen LogP contribution in [0, 0.1) is 6.92 Å². The molecule has 2 aromatic rings. The van der Waals surface area contributed by atoms with Gasteiger partial charge in [0.1, 0.15) is 5.82 Å². The van der Waals surface area contributed by atoms with Gasteiger partial charge in [0.25, 0.3) is 10.0 Å². The molecule has 5 nitrogen and oxygen atoms in total. The number of aryl methyl sites for hydroxylation is 1. The molecule has 0 saturated carbocycles. The van der Waals surface area contributed by atoms with Crippen LogP contribution in [0.15, 0.2) is 29.4 Å². The fourth-order valence-electron chi connectivity index (χ4n) is 1.72. The molecule has 1 N–H and O–H groups in total. The molecule has 0 atom stereocenters. The fourth-order valence-corrected chi connectivity index (χ4v) is 3.15. The molecule has 0 saturated heterocycles. The van der Waals surface area contributed by atoms with Gasteiger partial charge in [-0.15, -0.1) is 0 Å². The Bertz CT molecular complexity index is 644. The zero-order valence-corrected chi connectivity index (χ0v) is 10.8. The lowest BCUT2D eigenvalue weighted by molar-refractivity contribution is 0.567. The highest BCUT2D eigenvalue weighted by atomic mass is 32.2. The van der Waals surface area contributed by atoms with E-state index >= 15 is 0 Å². The molecular formula is C11H15N3O2S. The van der Waals surface area contributed by atoms with Gasteiger partial charge in [-0.3, -0.25) is 0 Å². The van der Waals surface area contributed by atoms with Crippen molar-refractivity contribution in [3.8, 4) is 0 Å². The van der Waals surface area contributed by atoms with Gasteiger partial charge in [0.15, 0.2) is 5.03 Å². The second kappa shape index (κ2) is 4.12. The SMILES string of the molecule is Cc1nc(S(=O)(=O)NC(C)C)c2ccccn12. The molecule has 2 heterocycles. The third kappa shape index (κ3) is 2.18. The topological polar surface area (TPSA) is 63.5 Å². The van der Waals surface area contributed by atoms with Crippen molar-refractivity contribution in [1.82, 2.24) is 14.1 Å². The first kappa shape index (κ1) is 12.1. The molecule has 0 bridgehead atoms. The average Bonchev–Trinajstić information content (AvgIpc) is 2.56. The van der Waals surface area contributed by atoms with E-state index in [1.807, 2.05) is 6.07 Å². The van der Waals surface area contributed by atoms with Crippen molar-refractivity contribution in [2.75, 3.05) is 0 Å². The Balaban J connectivity index is 2.64. The second-order valence-electron chi connectivity index (χ2n) is 4.20. The number of rotatable bonds is 3. The van der Waals surface area contributed by atoms with Gasteiger partial charge >= 0.3 is 0 Å². The van der Waals surface area contributed by atoms with E-state index in [9.17, 15) is 8.42 Å². The lowest BCUT2D eigenvalue weighted by Crippen LogP contribution is -2.30. The number of nitrogens with one attached hydrogen (secondary N) is 1. The fraction of sp³-hybridized carbons (Fsp3) is 0.364. The molecule has 6 heteroatoms. The van der Waals surface area contributed by atoms with Crippen molar-refractivity contribution in [3.05, 3.63) is 30.2 Å². The van der Waals surface area contributed by atoms with E-state index in [2.05, 4.69) is 9.71 Å². The standard InChI is InChI=1S/C11H15N3O2S/c1-8(2)13-17(15,16)11-10-6-4-5-7-14(10)9(3)12-11/h4-8,13H,1-3H3. The zero-order chi connectivity index (χ0) is 12.6. The predicted octanol–water partition coefficient (Wildman–Crippen LogP) is 1.33. The number of sulfonamides is 1. The van der Waals surface area contributed by atoms with Gasteiger partial charge in [-0.1, -0.05) is 6.07 Å². The van der Waals surface area contributed by atoms with E-state index in [1.165, 1.54) is 0 Å². The summed E-state index contributed by atoms with van der Waals surface area (Å²) in [6.07, 6.45) is 1.80. The van der Waals surface area contributed by atoms with Crippen LogP contribution in [0.2, 0.25) is 0 Å². The van der Waals surface area contributed by atoms with E-state index in [-0.39, 0.29) is 11.1 Å². The number of fused-ring (bicyclic) bond motifs is 1. The van der Waals surface area contributed by atoms with Crippen LogP contribution in [-0.2, 0) is 10.0 Å². The lowest BCUT2D eigenvalue weighted by Gasteiger charge is -2.07. The Labute approximate surface area is 101 Å². The third-order valence-electron chi connectivity index (χ3n) is 2.34. The van der Waals surface area contributed by atoms with Crippen LogP contribution >= 0.6 is 0 Å². The van der Waals surface area contributed by atoms with Gasteiger partial charge in [-0.05, 0) is 32.9 Å². The Hall–Kier alpha value is -1.40. The van der Waals surface area contributed by atoms with E-state index in [0.29, 0.717) is 11.3 Å². The summed E-state index contributed by atoms with van der Waals surface area (Å²) in [5.41, 5.74) is 0.596. The molecule has 0 amide bonds. The van der Waals surface area contributed by atoms with E-state index in [4.69, 9.17) is 0 Å². The van der Waals surface area contributed by atoms with Gasteiger partial charge in [0.2, 0.25) is 0 Å².